The van der Waals surface area contributed by atoms with Gasteiger partial charge in [-0.3, -0.25) is 10.0 Å². The van der Waals surface area contributed by atoms with Crippen molar-refractivity contribution in [2.24, 2.45) is 0 Å². The van der Waals surface area contributed by atoms with Crippen LogP contribution in [0, 0.1) is 0 Å². The first-order valence-electron chi connectivity index (χ1n) is 2.43. The lowest BCUT2D eigenvalue weighted by atomic mass is 10.8. The number of nitrogens with zero attached hydrogens (tertiary/aromatic N) is 2. The third-order valence-electron chi connectivity index (χ3n) is 1.03. The molecule has 2 heteroatoms. The third-order valence-corrected chi connectivity index (χ3v) is 1.03. The molecule has 0 aromatic rings. The first-order valence-corrected chi connectivity index (χ1v) is 2.43. The van der Waals surface area contributed by atoms with Crippen LogP contribution in [0.25, 0.3) is 0 Å². The summed E-state index contributed by atoms with van der Waals surface area (Å²) in [5.74, 6) is 0. The van der Waals surface area contributed by atoms with E-state index in [9.17, 15) is 0 Å². The highest BCUT2D eigenvalue weighted by Crippen LogP contribution is 1.87. The van der Waals surface area contributed by atoms with Crippen molar-refractivity contribution < 1.29 is 0 Å². The molecule has 0 saturated carbocycles. The van der Waals surface area contributed by atoms with Crippen molar-refractivity contribution in [2.75, 3.05) is 14.1 Å². The first kappa shape index (κ1) is 7.08. The van der Waals surface area contributed by atoms with E-state index in [0.717, 1.165) is 0 Å². The molecule has 0 amide bonds. The second-order valence-corrected chi connectivity index (χ2v) is 1.51. The monoisotopic (exact) mass is 112 g/mol. The maximum absolute atomic E-state index is 3.57. The van der Waals surface area contributed by atoms with Gasteiger partial charge in [0.15, 0.2) is 0 Å². The summed E-state index contributed by atoms with van der Waals surface area (Å²) in [6.07, 6.45) is 3.42. The van der Waals surface area contributed by atoms with Crippen molar-refractivity contribution in [2.45, 2.75) is 0 Å². The first-order chi connectivity index (χ1) is 3.72. The van der Waals surface area contributed by atoms with Crippen LogP contribution in [0.5, 0.6) is 0 Å². The van der Waals surface area contributed by atoms with Crippen LogP contribution in [0.2, 0.25) is 0 Å². The van der Waals surface area contributed by atoms with E-state index >= 15 is 0 Å². The van der Waals surface area contributed by atoms with Gasteiger partial charge in [0.1, 0.15) is 0 Å². The topological polar surface area (TPSA) is 6.48 Å². The Morgan fingerprint density at radius 3 is 1.38 bits per heavy atom. The molecule has 0 aliphatic rings. The average Bonchev–Trinajstić information content (AvgIpc) is 1.84. The van der Waals surface area contributed by atoms with Gasteiger partial charge in [0.2, 0.25) is 0 Å². The Morgan fingerprint density at radius 1 is 1.00 bits per heavy atom. The molecule has 0 aromatic carbocycles. The molecule has 0 spiro atoms. The molecule has 0 atom stereocenters. The summed E-state index contributed by atoms with van der Waals surface area (Å²) < 4.78 is 0. The van der Waals surface area contributed by atoms with Gasteiger partial charge < -0.3 is 0 Å². The van der Waals surface area contributed by atoms with Crippen LogP contribution in [0.1, 0.15) is 0 Å². The molecule has 0 heterocycles. The van der Waals surface area contributed by atoms with E-state index in [-0.39, 0.29) is 0 Å². The SMILES string of the molecule is C=CN(C)N(C)C=C. The van der Waals surface area contributed by atoms with Gasteiger partial charge in [-0.15, -0.1) is 0 Å². The highest BCUT2D eigenvalue weighted by atomic mass is 15.6. The van der Waals surface area contributed by atoms with Gasteiger partial charge in [-0.25, -0.2) is 0 Å². The molecule has 0 rings (SSSR count). The van der Waals surface area contributed by atoms with Gasteiger partial charge in [-0.2, -0.15) is 0 Å². The second-order valence-electron chi connectivity index (χ2n) is 1.51. The van der Waals surface area contributed by atoms with Crippen LogP contribution in [-0.2, 0) is 0 Å². The van der Waals surface area contributed by atoms with E-state index < -0.39 is 0 Å². The van der Waals surface area contributed by atoms with Crippen molar-refractivity contribution >= 4 is 0 Å². The quantitative estimate of drug-likeness (QED) is 0.503. The molecule has 0 fully saturated rings. The fraction of sp³-hybridized carbons (Fsp3) is 0.333. The average molecular weight is 112 g/mol. The van der Waals surface area contributed by atoms with Crippen molar-refractivity contribution in [1.82, 2.24) is 10.0 Å². The van der Waals surface area contributed by atoms with Crippen molar-refractivity contribution in [1.29, 1.82) is 0 Å². The van der Waals surface area contributed by atoms with Gasteiger partial charge >= 0.3 is 0 Å². The maximum Gasteiger partial charge on any atom is 0.0276 e. The molecule has 0 bridgehead atoms. The molecule has 0 unspecified atom stereocenters. The Hall–Kier alpha value is -0.920. The van der Waals surface area contributed by atoms with Crippen LogP contribution in [-0.4, -0.2) is 24.1 Å². The predicted octanol–water partition coefficient (Wildman–Crippen LogP) is 1.05. The summed E-state index contributed by atoms with van der Waals surface area (Å²) in [5.41, 5.74) is 0. The minimum atomic E-state index is 1.71. The zero-order valence-corrected chi connectivity index (χ0v) is 5.46. The van der Waals surface area contributed by atoms with Crippen LogP contribution < -0.4 is 0 Å². The molecule has 0 aliphatic carbocycles. The fourth-order valence-electron chi connectivity index (χ4n) is 0.258. The van der Waals surface area contributed by atoms with Crippen LogP contribution in [0.4, 0.5) is 0 Å². The van der Waals surface area contributed by atoms with E-state index in [0.29, 0.717) is 0 Å². The Balaban J connectivity index is 3.60. The predicted molar refractivity (Wildman–Crippen MR) is 35.9 cm³/mol. The molecule has 0 aromatic heterocycles. The van der Waals surface area contributed by atoms with Crippen molar-refractivity contribution in [3.8, 4) is 0 Å². The summed E-state index contributed by atoms with van der Waals surface area (Å²) in [5, 5.41) is 3.65. The lowest BCUT2D eigenvalue weighted by Crippen LogP contribution is -2.26. The molecular weight excluding hydrogens is 100 g/mol. The molecule has 46 valence electrons. The van der Waals surface area contributed by atoms with E-state index in [4.69, 9.17) is 0 Å². The van der Waals surface area contributed by atoms with Crippen molar-refractivity contribution in [3.63, 3.8) is 0 Å². The molecule has 0 saturated heterocycles. The number of hydrazine groups is 1. The lowest BCUT2D eigenvalue weighted by Gasteiger charge is -2.23. The molecular formula is C6H12N2. The fourth-order valence-corrected chi connectivity index (χ4v) is 0.258. The van der Waals surface area contributed by atoms with Gasteiger partial charge in [-0.05, 0) is 0 Å². The third kappa shape index (κ3) is 1.69. The maximum atomic E-state index is 3.57. The highest BCUT2D eigenvalue weighted by molar-refractivity contribution is 4.69. The zero-order chi connectivity index (χ0) is 6.57. The summed E-state index contributed by atoms with van der Waals surface area (Å²) >= 11 is 0. The Morgan fingerprint density at radius 2 is 1.25 bits per heavy atom. The lowest BCUT2D eigenvalue weighted by molar-refractivity contribution is 0.146. The summed E-state index contributed by atoms with van der Waals surface area (Å²) in [4.78, 5) is 0. The number of rotatable bonds is 3. The molecule has 0 radical (unpaired) electrons. The molecule has 0 aliphatic heterocycles. The summed E-state index contributed by atoms with van der Waals surface area (Å²) in [7, 11) is 3.80. The van der Waals surface area contributed by atoms with Gasteiger partial charge in [0.25, 0.3) is 0 Å². The Labute approximate surface area is 50.7 Å². The summed E-state index contributed by atoms with van der Waals surface area (Å²) in [6.45, 7) is 7.13. The molecule has 8 heavy (non-hydrogen) atoms. The van der Waals surface area contributed by atoms with E-state index in [1.165, 1.54) is 0 Å². The van der Waals surface area contributed by atoms with Crippen LogP contribution in [0.3, 0.4) is 0 Å². The second kappa shape index (κ2) is 3.13. The van der Waals surface area contributed by atoms with Crippen molar-refractivity contribution in [3.05, 3.63) is 25.6 Å². The number of hydrogen-bond donors (Lipinski definition) is 0. The van der Waals surface area contributed by atoms with E-state index in [2.05, 4.69) is 13.2 Å². The smallest absolute Gasteiger partial charge is 0.0276 e. The van der Waals surface area contributed by atoms with E-state index in [1.807, 2.05) is 24.1 Å². The number of hydrogen-bond acceptors (Lipinski definition) is 2. The van der Waals surface area contributed by atoms with Gasteiger partial charge in [0.05, 0.1) is 0 Å². The largest absolute Gasteiger partial charge is 0.297 e. The standard InChI is InChI=1S/C6H12N2/c1-5-7(3)8(4)6-2/h5-6H,1-2H2,3-4H3. The zero-order valence-electron chi connectivity index (χ0n) is 5.46. The van der Waals surface area contributed by atoms with Gasteiger partial charge in [-0.1, -0.05) is 13.2 Å². The molecule has 2 nitrogen and oxygen atoms in total. The minimum absolute atomic E-state index is 1.71. The summed E-state index contributed by atoms with van der Waals surface area (Å²) in [6, 6.07) is 0. The van der Waals surface area contributed by atoms with E-state index in [1.54, 1.807) is 12.4 Å². The minimum Gasteiger partial charge on any atom is -0.297 e. The Bertz CT molecular complexity index is 76.5. The molecule has 0 N–H and O–H groups in total. The van der Waals surface area contributed by atoms with Crippen LogP contribution >= 0.6 is 0 Å². The van der Waals surface area contributed by atoms with Gasteiger partial charge in [0, 0.05) is 26.5 Å². The normalized spacial score (nSPS) is 7.75. The van der Waals surface area contributed by atoms with Crippen LogP contribution in [0.15, 0.2) is 25.6 Å². The Kier molecular flexibility index (Phi) is 2.77. The highest BCUT2D eigenvalue weighted by Gasteiger charge is 1.87.